The molecule has 0 radical (unpaired) electrons. The highest BCUT2D eigenvalue weighted by Crippen LogP contribution is 2.09. The van der Waals surface area contributed by atoms with Gasteiger partial charge in [-0.25, -0.2) is 28.8 Å². The molecule has 0 bridgehead atoms. The van der Waals surface area contributed by atoms with Crippen LogP contribution in [-0.4, -0.2) is 208 Å². The third-order valence-electron chi connectivity index (χ3n) is 13.5. The number of Topliss-reactive ketones (excluding diaryl/α,β-unsaturated/α-hetero) is 1. The van der Waals surface area contributed by atoms with Gasteiger partial charge in [0.15, 0.2) is 18.1 Å². The molecular formula is C77H103N5O33. The largest absolute Gasteiger partial charge is 0.481 e. The summed E-state index contributed by atoms with van der Waals surface area (Å²) in [5, 5.41) is 66.9. The number of ketones is 1. The second-order valence-electron chi connectivity index (χ2n) is 22.7. The molecule has 0 aliphatic carbocycles. The lowest BCUT2D eigenvalue weighted by atomic mass is 10.2. The van der Waals surface area contributed by atoms with E-state index in [9.17, 15) is 81.8 Å². The molecule has 5 aromatic carbocycles. The highest BCUT2D eigenvalue weighted by Gasteiger charge is 2.26. The second kappa shape index (κ2) is 64.8. The number of rotatable bonds is 35. The number of aliphatic hydroxyl groups excluding tert-OH is 2. The summed E-state index contributed by atoms with van der Waals surface area (Å²) in [5.41, 5.74) is 14.8. The lowest BCUT2D eigenvalue weighted by Gasteiger charge is -2.15. The van der Waals surface area contributed by atoms with Crippen LogP contribution in [-0.2, 0) is 143 Å². The fourth-order valence-corrected chi connectivity index (χ4v) is 7.44. The number of benzene rings is 5. The van der Waals surface area contributed by atoms with Gasteiger partial charge in [0.1, 0.15) is 64.7 Å². The molecule has 0 saturated carbocycles. The molecule has 2 fully saturated rings. The number of carbonyl (C=O) groups excluding carboxylic acids is 11. The number of amides is 3. The van der Waals surface area contributed by atoms with E-state index in [1.165, 1.54) is 19.8 Å². The summed E-state index contributed by atoms with van der Waals surface area (Å²) in [6.07, 6.45) is -1.47. The van der Waals surface area contributed by atoms with Crippen molar-refractivity contribution in [1.29, 1.82) is 0 Å². The van der Waals surface area contributed by atoms with Gasteiger partial charge in [0.25, 0.3) is 0 Å². The van der Waals surface area contributed by atoms with Crippen LogP contribution in [0.5, 0.6) is 0 Å². The van der Waals surface area contributed by atoms with Crippen LogP contribution in [0.25, 0.3) is 0 Å². The Hall–Kier alpha value is -12.8. The molecule has 5 atom stereocenters. The molecule has 0 aromatic heterocycles. The Balaban J connectivity index is -0.00000132. The molecule has 3 amide bonds. The van der Waals surface area contributed by atoms with Crippen molar-refractivity contribution in [1.82, 2.24) is 16.0 Å². The van der Waals surface area contributed by atoms with E-state index in [0.717, 1.165) is 41.0 Å². The number of nitrogens with one attached hydrogen (secondary N) is 3. The van der Waals surface area contributed by atoms with Crippen LogP contribution < -0.4 is 27.4 Å². The number of nitrogens with two attached hydrogens (primary N) is 2. The Labute approximate surface area is 662 Å². The van der Waals surface area contributed by atoms with Gasteiger partial charge in [-0.3, -0.25) is 47.9 Å². The maximum Gasteiger partial charge on any atom is 0.408 e. The third-order valence-corrected chi connectivity index (χ3v) is 13.5. The minimum Gasteiger partial charge on any atom is -0.481 e. The van der Waals surface area contributed by atoms with Gasteiger partial charge in [0.2, 0.25) is 0 Å². The van der Waals surface area contributed by atoms with Crippen LogP contribution in [0.3, 0.4) is 0 Å². The van der Waals surface area contributed by atoms with Gasteiger partial charge in [0, 0.05) is 13.2 Å². The topological polar surface area (TPSA) is 595 Å². The molecule has 115 heavy (non-hydrogen) atoms. The molecule has 2 saturated heterocycles. The normalized spacial score (nSPS) is 12.2. The van der Waals surface area contributed by atoms with Crippen molar-refractivity contribution in [2.45, 2.75) is 157 Å². The number of ether oxygens (including phenoxy) is 10. The smallest absolute Gasteiger partial charge is 0.408 e. The first-order valence-electron chi connectivity index (χ1n) is 33.9. The van der Waals surface area contributed by atoms with Crippen LogP contribution in [0, 0.1) is 0 Å². The van der Waals surface area contributed by atoms with Crippen molar-refractivity contribution >= 4 is 95.7 Å². The molecule has 2 aliphatic heterocycles. The number of cyclic esters (lactones) is 2. The number of carbonyl (C=O) groups is 16. The predicted molar refractivity (Wildman–Crippen MR) is 403 cm³/mol. The summed E-state index contributed by atoms with van der Waals surface area (Å²) in [4.78, 5) is 174. The fraction of sp³-hybridized carbons (Fsp3) is 0.403. The van der Waals surface area contributed by atoms with Gasteiger partial charge in [-0.15, -0.1) is 0 Å². The number of carboxylic acids is 5. The number of alkyl carbamates (subject to hydrolysis) is 3. The molecule has 634 valence electrons. The molecule has 2 heterocycles. The Kier molecular flexibility index (Phi) is 60.0. The predicted octanol–water partition coefficient (Wildman–Crippen LogP) is 5.48. The average molecular weight is 1630 g/mol. The van der Waals surface area contributed by atoms with E-state index in [2.05, 4.69) is 24.8 Å². The summed E-state index contributed by atoms with van der Waals surface area (Å²) in [5.74, 6) is -10.8. The first kappa shape index (κ1) is 106. The molecule has 5 aromatic rings. The van der Waals surface area contributed by atoms with Crippen molar-refractivity contribution in [3.8, 4) is 0 Å². The highest BCUT2D eigenvalue weighted by molar-refractivity contribution is 5.92. The SMILES string of the molecule is C.C.C.C1CCOC1.CC(=O)[C@@H](N)COC(=O)CCC(=O)O.N[C@@H](COC(=O)CCC(=O)O)C(=O)OCc1ccccc1.O=C(N[C@@H](CO)C(=O)O)OCc1ccccc1.O=C(N[C@@H](CO)C(=O)OCc1ccccc1)OCc1ccccc1.O=C(O)CCC(=O)OC[C@H](NC(=O)OCc1ccccc1)C(=O)O.O=C1CCC(=O)O1. The summed E-state index contributed by atoms with van der Waals surface area (Å²) in [7, 11) is 0. The van der Waals surface area contributed by atoms with Crippen molar-refractivity contribution in [3.05, 3.63) is 179 Å². The van der Waals surface area contributed by atoms with E-state index in [1.807, 2.05) is 90.2 Å². The number of hydrogen-bond donors (Lipinski definition) is 12. The monoisotopic (exact) mass is 1630 g/mol. The summed E-state index contributed by atoms with van der Waals surface area (Å²) >= 11 is 0. The number of aliphatic carboxylic acids is 5. The summed E-state index contributed by atoms with van der Waals surface area (Å²) < 4.78 is 47.6. The molecule has 38 nitrogen and oxygen atoms in total. The standard InChI is InChI=1S/C18H19NO5.C15H17NO8.C14H17NO6.C11H13NO5.C8H13NO5.C4H4O3.C4H8O.3CH4/c20-11-16(17(21)23-12-14-7-3-1-4-8-14)19-18(22)24-13-15-9-5-2-6-10-15;17-12(18)6-7-13(19)23-9-11(14(20)21)16-15(22)24-8-10-4-2-1-3-5-10;15-11(9-20-13(18)7-6-12(16)17)14(19)21-8-10-4-2-1-3-5-10;13-6-9(10(14)15)12-11(16)17-7-8-4-2-1-3-5-8;1-5(10)6(9)4-14-8(13)3-2-7(11)12;5-3-1-2-4(6)7-3;1-2-4-5-3-1;;;/h1-10,16,20H,11-13H2,(H,19,22);1-5,11H,6-9H2,(H,16,22)(H,17,18)(H,20,21);1-5,11H,6-9,15H2,(H,16,17);1-5,9,13H,6-7H2,(H,12,16)(H,14,15);6H,2-4,9H2,1H3,(H,11,12);1-2H2;1-4H2;3*1H4/t16-;2*11-;9-;6-;;;;;/m00000...../s1. The van der Waals surface area contributed by atoms with Gasteiger partial charge in [-0.05, 0) is 47.6 Å². The van der Waals surface area contributed by atoms with Crippen LogP contribution >= 0.6 is 0 Å². The third kappa shape index (κ3) is 57.0. The molecule has 0 unspecified atom stereocenters. The lowest BCUT2D eigenvalue weighted by Crippen LogP contribution is -2.44. The number of carboxylic acid groups (broad SMARTS) is 5. The first-order valence-corrected chi connectivity index (χ1v) is 33.9. The minimum atomic E-state index is -1.50. The highest BCUT2D eigenvalue weighted by atomic mass is 16.6. The Bertz CT molecular complexity index is 3680. The van der Waals surface area contributed by atoms with Gasteiger partial charge in [-0.1, -0.05) is 174 Å². The number of hydrogen-bond acceptors (Lipinski definition) is 30. The Morgan fingerprint density at radius 1 is 0.374 bits per heavy atom. The van der Waals surface area contributed by atoms with Crippen molar-refractivity contribution in [2.24, 2.45) is 11.5 Å². The number of esters is 7. The van der Waals surface area contributed by atoms with Gasteiger partial charge < -0.3 is 111 Å². The molecule has 14 N–H and O–H groups in total. The minimum absolute atomic E-state index is 0. The molecule has 7 rings (SSSR count). The number of aliphatic hydroxyl groups is 2. The van der Waals surface area contributed by atoms with Crippen LogP contribution in [0.15, 0.2) is 152 Å². The van der Waals surface area contributed by atoms with E-state index < -0.39 is 146 Å². The van der Waals surface area contributed by atoms with E-state index >= 15 is 0 Å². The first-order chi connectivity index (χ1) is 53.4. The Morgan fingerprint density at radius 3 is 0.913 bits per heavy atom. The van der Waals surface area contributed by atoms with Crippen molar-refractivity contribution in [2.75, 3.05) is 46.2 Å². The molecular weight excluding hydrogens is 1520 g/mol. The lowest BCUT2D eigenvalue weighted by molar-refractivity contribution is -0.154. The Morgan fingerprint density at radius 2 is 0.652 bits per heavy atom. The zero-order valence-electron chi connectivity index (χ0n) is 60.8. The van der Waals surface area contributed by atoms with E-state index in [4.69, 9.17) is 75.3 Å². The van der Waals surface area contributed by atoms with Gasteiger partial charge >= 0.3 is 89.9 Å². The maximum absolute atomic E-state index is 11.9. The molecule has 38 heteroatoms. The van der Waals surface area contributed by atoms with Crippen LogP contribution in [0.2, 0.25) is 0 Å². The second-order valence-corrected chi connectivity index (χ2v) is 22.7. The maximum atomic E-state index is 11.9. The van der Waals surface area contributed by atoms with Gasteiger partial charge in [0.05, 0.1) is 70.6 Å². The summed E-state index contributed by atoms with van der Waals surface area (Å²) in [6, 6.07) is 39.1. The van der Waals surface area contributed by atoms with Crippen molar-refractivity contribution < 1.29 is 160 Å². The average Bonchev–Trinajstić information content (AvgIpc) is 1.94. The van der Waals surface area contributed by atoms with E-state index in [1.54, 1.807) is 66.7 Å². The molecule has 0 spiro atoms. The zero-order chi connectivity index (χ0) is 83.4. The quantitative estimate of drug-likeness (QED) is 0.0136. The van der Waals surface area contributed by atoms with E-state index in [0.29, 0.717) is 0 Å². The molecule has 2 aliphatic rings. The van der Waals surface area contributed by atoms with Crippen molar-refractivity contribution in [3.63, 3.8) is 0 Å². The zero-order valence-corrected chi connectivity index (χ0v) is 60.8. The summed E-state index contributed by atoms with van der Waals surface area (Å²) in [6.45, 7) is 1.08. The van der Waals surface area contributed by atoms with E-state index in [-0.39, 0.29) is 119 Å². The van der Waals surface area contributed by atoms with Crippen LogP contribution in [0.4, 0.5) is 14.4 Å². The van der Waals surface area contributed by atoms with Crippen LogP contribution in [0.1, 0.15) is 121 Å². The fourth-order valence-electron chi connectivity index (χ4n) is 7.44. The van der Waals surface area contributed by atoms with Gasteiger partial charge in [-0.2, -0.15) is 0 Å².